The summed E-state index contributed by atoms with van der Waals surface area (Å²) in [5.41, 5.74) is 2.86. The Hall–Kier alpha value is -1.18. The van der Waals surface area contributed by atoms with Gasteiger partial charge < -0.3 is 9.47 Å². The Morgan fingerprint density at radius 2 is 1.50 bits per heavy atom. The standard InChI is InChI=1S/C14H22O2/c1-10-7-12(15-5)13(16-6)8-11(10)9-14(2,3)4/h7-8H,9H2,1-6H3. The zero-order valence-corrected chi connectivity index (χ0v) is 11.2. The van der Waals surface area contributed by atoms with Gasteiger partial charge in [0.05, 0.1) is 14.2 Å². The van der Waals surface area contributed by atoms with Crippen molar-refractivity contribution in [2.24, 2.45) is 5.41 Å². The molecule has 0 aliphatic heterocycles. The maximum atomic E-state index is 5.32. The number of hydrogen-bond acceptors (Lipinski definition) is 2. The van der Waals surface area contributed by atoms with E-state index in [2.05, 4.69) is 33.8 Å². The molecule has 0 heterocycles. The summed E-state index contributed by atoms with van der Waals surface area (Å²) in [7, 11) is 3.34. The van der Waals surface area contributed by atoms with Gasteiger partial charge in [-0.05, 0) is 42.0 Å². The summed E-state index contributed by atoms with van der Waals surface area (Å²) in [5, 5.41) is 0. The molecule has 0 aliphatic rings. The van der Waals surface area contributed by atoms with E-state index in [4.69, 9.17) is 9.47 Å². The van der Waals surface area contributed by atoms with E-state index in [0.29, 0.717) is 0 Å². The molecule has 90 valence electrons. The third-order valence-electron chi connectivity index (χ3n) is 2.56. The van der Waals surface area contributed by atoms with Gasteiger partial charge in [-0.2, -0.15) is 0 Å². The molecule has 2 heteroatoms. The molecule has 0 saturated carbocycles. The topological polar surface area (TPSA) is 18.5 Å². The van der Waals surface area contributed by atoms with Gasteiger partial charge in [0.25, 0.3) is 0 Å². The largest absolute Gasteiger partial charge is 0.493 e. The van der Waals surface area contributed by atoms with Gasteiger partial charge in [-0.3, -0.25) is 0 Å². The second-order valence-corrected chi connectivity index (χ2v) is 5.37. The van der Waals surface area contributed by atoms with Gasteiger partial charge in [0.1, 0.15) is 0 Å². The Labute approximate surface area is 98.6 Å². The van der Waals surface area contributed by atoms with Crippen molar-refractivity contribution in [3.05, 3.63) is 23.3 Å². The van der Waals surface area contributed by atoms with Gasteiger partial charge in [0.15, 0.2) is 11.5 Å². The van der Waals surface area contributed by atoms with Gasteiger partial charge in [-0.25, -0.2) is 0 Å². The van der Waals surface area contributed by atoms with E-state index in [0.717, 1.165) is 17.9 Å². The number of aryl methyl sites for hydroxylation is 1. The van der Waals surface area contributed by atoms with Crippen molar-refractivity contribution in [3.63, 3.8) is 0 Å². The molecule has 0 aromatic heterocycles. The lowest BCUT2D eigenvalue weighted by Crippen LogP contribution is -2.10. The summed E-state index contributed by atoms with van der Waals surface area (Å²) in [6.07, 6.45) is 1.04. The van der Waals surface area contributed by atoms with E-state index in [9.17, 15) is 0 Å². The van der Waals surface area contributed by atoms with Gasteiger partial charge in [0, 0.05) is 0 Å². The second kappa shape index (κ2) is 4.77. The highest BCUT2D eigenvalue weighted by Crippen LogP contribution is 2.33. The van der Waals surface area contributed by atoms with Crippen LogP contribution in [0.15, 0.2) is 12.1 Å². The third kappa shape index (κ3) is 3.16. The molecule has 0 atom stereocenters. The number of ether oxygens (including phenoxy) is 2. The first-order valence-corrected chi connectivity index (χ1v) is 5.59. The SMILES string of the molecule is COc1cc(C)c(CC(C)(C)C)cc1OC. The number of methoxy groups -OCH3 is 2. The van der Waals surface area contributed by atoms with Crippen LogP contribution in [0.3, 0.4) is 0 Å². The molecule has 0 spiro atoms. The molecule has 1 aromatic carbocycles. The highest BCUT2D eigenvalue weighted by Gasteiger charge is 2.15. The lowest BCUT2D eigenvalue weighted by molar-refractivity contribution is 0.352. The van der Waals surface area contributed by atoms with Crippen LogP contribution in [-0.2, 0) is 6.42 Å². The first-order chi connectivity index (χ1) is 7.37. The molecule has 1 aromatic rings. The molecule has 16 heavy (non-hydrogen) atoms. The number of hydrogen-bond donors (Lipinski definition) is 0. The predicted molar refractivity (Wildman–Crippen MR) is 67.4 cm³/mol. The van der Waals surface area contributed by atoms with Crippen LogP contribution in [0.5, 0.6) is 11.5 Å². The molecular weight excluding hydrogens is 200 g/mol. The van der Waals surface area contributed by atoms with Crippen molar-refractivity contribution in [2.75, 3.05) is 14.2 Å². The molecule has 0 fully saturated rings. The monoisotopic (exact) mass is 222 g/mol. The predicted octanol–water partition coefficient (Wildman–Crippen LogP) is 3.60. The fraction of sp³-hybridized carbons (Fsp3) is 0.571. The highest BCUT2D eigenvalue weighted by atomic mass is 16.5. The van der Waals surface area contributed by atoms with Crippen molar-refractivity contribution in [1.82, 2.24) is 0 Å². The summed E-state index contributed by atoms with van der Waals surface area (Å²) >= 11 is 0. The number of rotatable bonds is 3. The molecule has 0 N–H and O–H groups in total. The summed E-state index contributed by atoms with van der Waals surface area (Å²) in [6, 6.07) is 4.12. The van der Waals surface area contributed by atoms with E-state index < -0.39 is 0 Å². The molecule has 0 saturated heterocycles. The summed E-state index contributed by atoms with van der Waals surface area (Å²) in [6.45, 7) is 8.83. The second-order valence-electron chi connectivity index (χ2n) is 5.37. The molecule has 0 bridgehead atoms. The number of benzene rings is 1. The summed E-state index contributed by atoms with van der Waals surface area (Å²) in [5.74, 6) is 1.62. The first-order valence-electron chi connectivity index (χ1n) is 5.59. The van der Waals surface area contributed by atoms with E-state index in [1.807, 2.05) is 6.07 Å². The minimum Gasteiger partial charge on any atom is -0.493 e. The molecule has 0 amide bonds. The Kier molecular flexibility index (Phi) is 3.84. The van der Waals surface area contributed by atoms with Crippen LogP contribution in [0, 0.1) is 12.3 Å². The van der Waals surface area contributed by atoms with Crippen LogP contribution < -0.4 is 9.47 Å². The Bertz CT molecular complexity index is 362. The van der Waals surface area contributed by atoms with Crippen LogP contribution in [0.25, 0.3) is 0 Å². The molecule has 0 radical (unpaired) electrons. The normalized spacial score (nSPS) is 11.4. The van der Waals surface area contributed by atoms with Gasteiger partial charge in [-0.1, -0.05) is 20.8 Å². The first kappa shape index (κ1) is 12.9. The summed E-state index contributed by atoms with van der Waals surface area (Å²) < 4.78 is 10.6. The zero-order chi connectivity index (χ0) is 12.3. The highest BCUT2D eigenvalue weighted by molar-refractivity contribution is 5.47. The zero-order valence-electron chi connectivity index (χ0n) is 11.2. The van der Waals surface area contributed by atoms with E-state index >= 15 is 0 Å². The molecule has 0 aliphatic carbocycles. The van der Waals surface area contributed by atoms with Gasteiger partial charge >= 0.3 is 0 Å². The van der Waals surface area contributed by atoms with Crippen LogP contribution in [0.4, 0.5) is 0 Å². The maximum absolute atomic E-state index is 5.32. The Morgan fingerprint density at radius 1 is 1.00 bits per heavy atom. The van der Waals surface area contributed by atoms with E-state index in [-0.39, 0.29) is 5.41 Å². The lowest BCUT2D eigenvalue weighted by atomic mass is 9.86. The third-order valence-corrected chi connectivity index (χ3v) is 2.56. The minimum atomic E-state index is 0.282. The average molecular weight is 222 g/mol. The molecule has 1 rings (SSSR count). The molecule has 2 nitrogen and oxygen atoms in total. The average Bonchev–Trinajstić information content (AvgIpc) is 2.18. The quantitative estimate of drug-likeness (QED) is 0.778. The molecule has 0 unspecified atom stereocenters. The van der Waals surface area contributed by atoms with Crippen molar-refractivity contribution in [1.29, 1.82) is 0 Å². The maximum Gasteiger partial charge on any atom is 0.161 e. The van der Waals surface area contributed by atoms with Crippen molar-refractivity contribution >= 4 is 0 Å². The van der Waals surface area contributed by atoms with Crippen molar-refractivity contribution in [2.45, 2.75) is 34.1 Å². The van der Waals surface area contributed by atoms with Gasteiger partial charge in [0.2, 0.25) is 0 Å². The lowest BCUT2D eigenvalue weighted by Gasteiger charge is -2.21. The molecular formula is C14H22O2. The van der Waals surface area contributed by atoms with Crippen LogP contribution >= 0.6 is 0 Å². The van der Waals surface area contributed by atoms with Gasteiger partial charge in [-0.15, -0.1) is 0 Å². The van der Waals surface area contributed by atoms with Crippen molar-refractivity contribution in [3.8, 4) is 11.5 Å². The fourth-order valence-electron chi connectivity index (χ4n) is 1.78. The van der Waals surface area contributed by atoms with E-state index in [1.165, 1.54) is 11.1 Å². The Balaban J connectivity index is 3.11. The minimum absolute atomic E-state index is 0.282. The fourth-order valence-corrected chi connectivity index (χ4v) is 1.78. The van der Waals surface area contributed by atoms with Crippen LogP contribution in [0.2, 0.25) is 0 Å². The van der Waals surface area contributed by atoms with E-state index in [1.54, 1.807) is 14.2 Å². The van der Waals surface area contributed by atoms with Crippen LogP contribution in [-0.4, -0.2) is 14.2 Å². The smallest absolute Gasteiger partial charge is 0.161 e. The van der Waals surface area contributed by atoms with Crippen molar-refractivity contribution < 1.29 is 9.47 Å². The Morgan fingerprint density at radius 3 is 1.94 bits per heavy atom. The summed E-state index contributed by atoms with van der Waals surface area (Å²) in [4.78, 5) is 0. The van der Waals surface area contributed by atoms with Crippen LogP contribution in [0.1, 0.15) is 31.9 Å².